The van der Waals surface area contributed by atoms with Gasteiger partial charge >= 0.3 is 6.03 Å². The van der Waals surface area contributed by atoms with Crippen molar-refractivity contribution in [3.8, 4) is 11.1 Å². The number of aryl methyl sites for hydroxylation is 1. The van der Waals surface area contributed by atoms with Gasteiger partial charge in [-0.1, -0.05) is 24.3 Å². The summed E-state index contributed by atoms with van der Waals surface area (Å²) in [5.41, 5.74) is 3.21. The predicted octanol–water partition coefficient (Wildman–Crippen LogP) is 2.05. The average molecular weight is 215 g/mol. The Labute approximate surface area is 93.9 Å². The van der Waals surface area contributed by atoms with E-state index in [0.29, 0.717) is 0 Å². The molecule has 1 N–H and O–H groups in total. The molecule has 1 heterocycles. The topological polar surface area (TPSA) is 46.9 Å². The van der Waals surface area contributed by atoms with Crippen LogP contribution in [0.15, 0.2) is 36.7 Å². The minimum atomic E-state index is -0.236. The molecule has 0 saturated heterocycles. The van der Waals surface area contributed by atoms with Crippen molar-refractivity contribution in [2.45, 2.75) is 6.92 Å². The zero-order valence-corrected chi connectivity index (χ0v) is 9.27. The second-order valence-electron chi connectivity index (χ2n) is 3.54. The van der Waals surface area contributed by atoms with Crippen molar-refractivity contribution >= 4 is 6.03 Å². The van der Waals surface area contributed by atoms with E-state index < -0.39 is 0 Å². The fraction of sp³-hybridized carbons (Fsp3) is 0.167. The van der Waals surface area contributed by atoms with Crippen LogP contribution in [-0.4, -0.2) is 22.9 Å². The minimum Gasteiger partial charge on any atom is -0.339 e. The standard InChI is InChI=1S/C12H13N3O/c1-9-5-3-4-6-11(9)10-7-14-15(8-10)12(16)13-2/h3-8H,1-2H3,(H,13,16). The first-order valence-corrected chi connectivity index (χ1v) is 5.05. The number of benzene rings is 1. The number of nitrogens with zero attached hydrogens (tertiary/aromatic N) is 2. The van der Waals surface area contributed by atoms with Crippen molar-refractivity contribution in [2.24, 2.45) is 0 Å². The van der Waals surface area contributed by atoms with Gasteiger partial charge in [0.05, 0.1) is 6.20 Å². The van der Waals surface area contributed by atoms with Gasteiger partial charge in [-0.3, -0.25) is 0 Å². The Morgan fingerprint density at radius 3 is 2.81 bits per heavy atom. The third-order valence-electron chi connectivity index (χ3n) is 2.46. The summed E-state index contributed by atoms with van der Waals surface area (Å²) in [6.07, 6.45) is 3.42. The van der Waals surface area contributed by atoms with Gasteiger partial charge in [0.15, 0.2) is 0 Å². The molecule has 0 radical (unpaired) electrons. The van der Waals surface area contributed by atoms with Gasteiger partial charge in [-0.25, -0.2) is 4.79 Å². The van der Waals surface area contributed by atoms with Crippen LogP contribution < -0.4 is 5.32 Å². The van der Waals surface area contributed by atoms with Crippen LogP contribution in [0.25, 0.3) is 11.1 Å². The van der Waals surface area contributed by atoms with Crippen molar-refractivity contribution < 1.29 is 4.79 Å². The molecule has 16 heavy (non-hydrogen) atoms. The van der Waals surface area contributed by atoms with E-state index in [1.54, 1.807) is 19.4 Å². The monoisotopic (exact) mass is 215 g/mol. The molecular formula is C12H13N3O. The van der Waals surface area contributed by atoms with Gasteiger partial charge in [0.2, 0.25) is 0 Å². The summed E-state index contributed by atoms with van der Waals surface area (Å²) >= 11 is 0. The van der Waals surface area contributed by atoms with Crippen molar-refractivity contribution in [3.63, 3.8) is 0 Å². The molecule has 1 aromatic carbocycles. The first kappa shape index (κ1) is 10.4. The van der Waals surface area contributed by atoms with Crippen LogP contribution in [0, 0.1) is 6.92 Å². The highest BCUT2D eigenvalue weighted by atomic mass is 16.2. The first-order valence-electron chi connectivity index (χ1n) is 5.05. The van der Waals surface area contributed by atoms with Crippen LogP contribution in [0.4, 0.5) is 4.79 Å². The van der Waals surface area contributed by atoms with Crippen molar-refractivity contribution in [3.05, 3.63) is 42.2 Å². The van der Waals surface area contributed by atoms with Crippen LogP contribution in [0.3, 0.4) is 0 Å². The molecule has 2 aromatic rings. The smallest absolute Gasteiger partial charge is 0.339 e. The highest BCUT2D eigenvalue weighted by molar-refractivity contribution is 5.77. The maximum absolute atomic E-state index is 11.3. The molecule has 82 valence electrons. The second-order valence-corrected chi connectivity index (χ2v) is 3.54. The summed E-state index contributed by atoms with van der Waals surface area (Å²) < 4.78 is 1.29. The molecule has 0 saturated carbocycles. The SMILES string of the molecule is CNC(=O)n1cc(-c2ccccc2C)cn1. The van der Waals surface area contributed by atoms with E-state index in [0.717, 1.165) is 11.1 Å². The Balaban J connectivity index is 2.39. The van der Waals surface area contributed by atoms with Crippen molar-refractivity contribution in [1.82, 2.24) is 15.1 Å². The minimum absolute atomic E-state index is 0.236. The first-order chi connectivity index (χ1) is 7.72. The van der Waals surface area contributed by atoms with Gasteiger partial charge in [0, 0.05) is 18.8 Å². The average Bonchev–Trinajstić information content (AvgIpc) is 2.78. The van der Waals surface area contributed by atoms with Gasteiger partial charge in [0.25, 0.3) is 0 Å². The van der Waals surface area contributed by atoms with Crippen LogP contribution in [0.2, 0.25) is 0 Å². The summed E-state index contributed by atoms with van der Waals surface area (Å²) in [5, 5.41) is 6.53. The number of aromatic nitrogens is 2. The Bertz CT molecular complexity index is 516. The van der Waals surface area contributed by atoms with Crippen LogP contribution in [0.5, 0.6) is 0 Å². The lowest BCUT2D eigenvalue weighted by Gasteiger charge is -2.01. The van der Waals surface area contributed by atoms with Gasteiger partial charge in [-0.05, 0) is 18.1 Å². The van der Waals surface area contributed by atoms with Gasteiger partial charge in [0.1, 0.15) is 0 Å². The molecule has 0 bridgehead atoms. The van der Waals surface area contributed by atoms with Crippen LogP contribution in [-0.2, 0) is 0 Å². The third-order valence-corrected chi connectivity index (χ3v) is 2.46. The largest absolute Gasteiger partial charge is 0.341 e. The molecule has 0 aliphatic heterocycles. The summed E-state index contributed by atoms with van der Waals surface area (Å²) in [4.78, 5) is 11.3. The Morgan fingerprint density at radius 2 is 2.12 bits per heavy atom. The molecule has 0 spiro atoms. The maximum Gasteiger partial charge on any atom is 0.341 e. The molecule has 0 unspecified atom stereocenters. The fourth-order valence-electron chi connectivity index (χ4n) is 1.58. The molecule has 1 aromatic heterocycles. The maximum atomic E-state index is 11.3. The molecule has 4 heteroatoms. The van der Waals surface area contributed by atoms with E-state index in [1.807, 2.05) is 31.2 Å². The van der Waals surface area contributed by atoms with E-state index in [1.165, 1.54) is 10.2 Å². The lowest BCUT2D eigenvalue weighted by molar-refractivity contribution is 0.241. The number of amides is 1. The van der Waals surface area contributed by atoms with E-state index in [4.69, 9.17) is 0 Å². The number of carbonyl (C=O) groups is 1. The number of hydrogen-bond donors (Lipinski definition) is 1. The predicted molar refractivity (Wildman–Crippen MR) is 62.3 cm³/mol. The molecule has 1 amide bonds. The van der Waals surface area contributed by atoms with Crippen molar-refractivity contribution in [1.29, 1.82) is 0 Å². The van der Waals surface area contributed by atoms with Crippen LogP contribution >= 0.6 is 0 Å². The van der Waals surface area contributed by atoms with Gasteiger partial charge < -0.3 is 5.32 Å². The Hall–Kier alpha value is -2.10. The summed E-state index contributed by atoms with van der Waals surface area (Å²) in [5.74, 6) is 0. The number of nitrogens with one attached hydrogen (secondary N) is 1. The summed E-state index contributed by atoms with van der Waals surface area (Å²) in [7, 11) is 1.58. The lowest BCUT2D eigenvalue weighted by Crippen LogP contribution is -2.24. The zero-order chi connectivity index (χ0) is 11.5. The molecule has 0 aliphatic carbocycles. The number of hydrogen-bond acceptors (Lipinski definition) is 2. The van der Waals surface area contributed by atoms with E-state index >= 15 is 0 Å². The lowest BCUT2D eigenvalue weighted by atomic mass is 10.0. The van der Waals surface area contributed by atoms with Crippen LogP contribution in [0.1, 0.15) is 5.56 Å². The molecule has 2 rings (SSSR count). The van der Waals surface area contributed by atoms with Gasteiger partial charge in [-0.15, -0.1) is 0 Å². The number of carbonyl (C=O) groups excluding carboxylic acids is 1. The fourth-order valence-corrected chi connectivity index (χ4v) is 1.58. The normalized spacial score (nSPS) is 10.1. The molecular weight excluding hydrogens is 202 g/mol. The van der Waals surface area contributed by atoms with Gasteiger partial charge in [-0.2, -0.15) is 9.78 Å². The van der Waals surface area contributed by atoms with E-state index in [9.17, 15) is 4.79 Å². The summed E-state index contributed by atoms with van der Waals surface area (Å²) in [6, 6.07) is 7.77. The van der Waals surface area contributed by atoms with E-state index in [2.05, 4.69) is 10.4 Å². The van der Waals surface area contributed by atoms with E-state index in [-0.39, 0.29) is 6.03 Å². The molecule has 0 aliphatic rings. The highest BCUT2D eigenvalue weighted by Crippen LogP contribution is 2.21. The molecule has 0 atom stereocenters. The number of rotatable bonds is 1. The Morgan fingerprint density at radius 1 is 1.38 bits per heavy atom. The quantitative estimate of drug-likeness (QED) is 0.791. The molecule has 0 fully saturated rings. The Kier molecular flexibility index (Phi) is 2.72. The highest BCUT2D eigenvalue weighted by Gasteiger charge is 2.07. The molecule has 4 nitrogen and oxygen atoms in total. The zero-order valence-electron chi connectivity index (χ0n) is 9.27. The van der Waals surface area contributed by atoms with Crippen molar-refractivity contribution in [2.75, 3.05) is 7.05 Å². The third kappa shape index (κ3) is 1.82. The summed E-state index contributed by atoms with van der Waals surface area (Å²) in [6.45, 7) is 2.03. The second kappa shape index (κ2) is 4.18.